The van der Waals surface area contributed by atoms with Crippen LogP contribution in [0.1, 0.15) is 30.9 Å². The zero-order valence-corrected chi connectivity index (χ0v) is 16.1. The second-order valence-electron chi connectivity index (χ2n) is 6.51. The Kier molecular flexibility index (Phi) is 6.84. The Morgan fingerprint density at radius 1 is 1.36 bits per heavy atom. The summed E-state index contributed by atoms with van der Waals surface area (Å²) in [5, 5.41) is 2.86. The normalized spacial score (nSPS) is 18.8. The fourth-order valence-corrected chi connectivity index (χ4v) is 4.11. The molecule has 1 aromatic rings. The van der Waals surface area contributed by atoms with Gasteiger partial charge in [0.05, 0.1) is 18.2 Å². The van der Waals surface area contributed by atoms with Gasteiger partial charge in [0, 0.05) is 13.1 Å². The highest BCUT2D eigenvalue weighted by Gasteiger charge is 2.31. The summed E-state index contributed by atoms with van der Waals surface area (Å²) in [6, 6.07) is 6.02. The maximum absolute atomic E-state index is 12.3. The zero-order valence-electron chi connectivity index (χ0n) is 15.2. The number of sulfonamides is 1. The first kappa shape index (κ1) is 19.7. The first-order valence-electron chi connectivity index (χ1n) is 8.79. The van der Waals surface area contributed by atoms with Crippen molar-refractivity contribution in [1.29, 1.82) is 0 Å². The lowest BCUT2D eigenvalue weighted by Gasteiger charge is -2.30. The average molecular weight is 368 g/mol. The van der Waals surface area contributed by atoms with Gasteiger partial charge < -0.3 is 10.1 Å². The molecule has 1 amide bonds. The van der Waals surface area contributed by atoms with Crippen molar-refractivity contribution in [2.75, 3.05) is 32.0 Å². The van der Waals surface area contributed by atoms with Gasteiger partial charge in [0.25, 0.3) is 0 Å². The molecule has 0 aromatic heterocycles. The number of rotatable bonds is 7. The molecule has 2 rings (SSSR count). The van der Waals surface area contributed by atoms with Gasteiger partial charge in [-0.15, -0.1) is 0 Å². The number of ether oxygens (including phenoxy) is 1. The van der Waals surface area contributed by atoms with E-state index < -0.39 is 10.0 Å². The average Bonchev–Trinajstić information content (AvgIpc) is 2.61. The molecule has 0 bridgehead atoms. The van der Waals surface area contributed by atoms with Crippen LogP contribution in [0, 0.1) is 19.8 Å². The number of benzene rings is 1. The molecule has 25 heavy (non-hydrogen) atoms. The molecule has 140 valence electrons. The third kappa shape index (κ3) is 5.44. The largest absolute Gasteiger partial charge is 0.491 e. The fraction of sp³-hybridized carbons (Fsp3) is 0.611. The van der Waals surface area contributed by atoms with Crippen molar-refractivity contribution in [3.05, 3.63) is 29.3 Å². The van der Waals surface area contributed by atoms with E-state index in [1.165, 1.54) is 4.31 Å². The summed E-state index contributed by atoms with van der Waals surface area (Å²) in [5.41, 5.74) is 2.19. The van der Waals surface area contributed by atoms with Crippen molar-refractivity contribution in [2.45, 2.75) is 33.6 Å². The van der Waals surface area contributed by atoms with Crippen molar-refractivity contribution in [2.24, 2.45) is 5.92 Å². The summed E-state index contributed by atoms with van der Waals surface area (Å²) in [6.45, 7) is 7.20. The van der Waals surface area contributed by atoms with E-state index in [0.29, 0.717) is 19.7 Å². The van der Waals surface area contributed by atoms with Crippen molar-refractivity contribution >= 4 is 15.9 Å². The Bertz CT molecular complexity index is 703. The Balaban J connectivity index is 1.79. The highest BCUT2D eigenvalue weighted by atomic mass is 32.2. The maximum atomic E-state index is 12.3. The Morgan fingerprint density at radius 3 is 2.84 bits per heavy atom. The summed E-state index contributed by atoms with van der Waals surface area (Å²) >= 11 is 0. The molecular weight excluding hydrogens is 340 g/mol. The van der Waals surface area contributed by atoms with Gasteiger partial charge >= 0.3 is 0 Å². The molecule has 1 unspecified atom stereocenters. The van der Waals surface area contributed by atoms with Crippen molar-refractivity contribution in [3.8, 4) is 5.75 Å². The molecule has 7 heteroatoms. The van der Waals surface area contributed by atoms with E-state index in [1.807, 2.05) is 32.0 Å². The first-order valence-corrected chi connectivity index (χ1v) is 10.4. The van der Waals surface area contributed by atoms with Gasteiger partial charge in [0.1, 0.15) is 12.4 Å². The lowest BCUT2D eigenvalue weighted by Crippen LogP contribution is -2.46. The highest BCUT2D eigenvalue weighted by molar-refractivity contribution is 7.89. The maximum Gasteiger partial charge on any atom is 0.224 e. The van der Waals surface area contributed by atoms with E-state index in [-0.39, 0.29) is 24.1 Å². The van der Waals surface area contributed by atoms with Crippen molar-refractivity contribution < 1.29 is 17.9 Å². The lowest BCUT2D eigenvalue weighted by molar-refractivity contribution is -0.126. The molecule has 1 fully saturated rings. The van der Waals surface area contributed by atoms with Crippen LogP contribution in [0.5, 0.6) is 5.75 Å². The van der Waals surface area contributed by atoms with Crippen LogP contribution in [-0.4, -0.2) is 50.6 Å². The smallest absolute Gasteiger partial charge is 0.224 e. The van der Waals surface area contributed by atoms with Crippen LogP contribution in [0.4, 0.5) is 0 Å². The Labute approximate surface area is 150 Å². The molecule has 0 radical (unpaired) electrons. The Morgan fingerprint density at radius 2 is 2.12 bits per heavy atom. The second-order valence-corrected chi connectivity index (χ2v) is 8.76. The van der Waals surface area contributed by atoms with Crippen molar-refractivity contribution in [1.82, 2.24) is 9.62 Å². The number of carbonyl (C=O) groups is 1. The minimum Gasteiger partial charge on any atom is -0.491 e. The number of amides is 1. The molecule has 0 saturated carbocycles. The minimum absolute atomic E-state index is 0.0744. The first-order chi connectivity index (χ1) is 11.8. The fourth-order valence-electron chi connectivity index (χ4n) is 2.93. The molecule has 1 aliphatic heterocycles. The second kappa shape index (κ2) is 8.67. The lowest BCUT2D eigenvalue weighted by atomic mass is 9.99. The number of piperidine rings is 1. The molecule has 6 nitrogen and oxygen atoms in total. The highest BCUT2D eigenvalue weighted by Crippen LogP contribution is 2.20. The van der Waals surface area contributed by atoms with Gasteiger partial charge in [-0.1, -0.05) is 12.1 Å². The molecule has 1 heterocycles. The molecule has 1 aromatic carbocycles. The Hall–Kier alpha value is -1.60. The van der Waals surface area contributed by atoms with E-state index >= 15 is 0 Å². The topological polar surface area (TPSA) is 75.7 Å². The molecule has 1 saturated heterocycles. The summed E-state index contributed by atoms with van der Waals surface area (Å²) in [7, 11) is -3.23. The SMILES string of the molecule is CCS(=O)(=O)N1CCCC(C(=O)NCCOc2cc(C)ccc2C)C1. The quantitative estimate of drug-likeness (QED) is 0.746. The van der Waals surface area contributed by atoms with E-state index in [0.717, 1.165) is 29.7 Å². The van der Waals surface area contributed by atoms with Gasteiger partial charge in [-0.05, 0) is 50.8 Å². The third-order valence-corrected chi connectivity index (χ3v) is 6.36. The van der Waals surface area contributed by atoms with Crippen LogP contribution in [0.2, 0.25) is 0 Å². The van der Waals surface area contributed by atoms with Gasteiger partial charge in [-0.3, -0.25) is 4.79 Å². The summed E-state index contributed by atoms with van der Waals surface area (Å²) in [5.74, 6) is 0.522. The van der Waals surface area contributed by atoms with Gasteiger partial charge in [-0.25, -0.2) is 12.7 Å². The van der Waals surface area contributed by atoms with Gasteiger partial charge in [-0.2, -0.15) is 0 Å². The van der Waals surface area contributed by atoms with E-state index in [9.17, 15) is 13.2 Å². The monoisotopic (exact) mass is 368 g/mol. The molecule has 0 aliphatic carbocycles. The van der Waals surface area contributed by atoms with E-state index in [2.05, 4.69) is 5.32 Å². The minimum atomic E-state index is -3.23. The number of aryl methyl sites for hydroxylation is 2. The number of nitrogens with one attached hydrogen (secondary N) is 1. The van der Waals surface area contributed by atoms with Crippen molar-refractivity contribution in [3.63, 3.8) is 0 Å². The third-order valence-electron chi connectivity index (χ3n) is 4.52. The van der Waals surface area contributed by atoms with Gasteiger partial charge in [0.2, 0.25) is 15.9 Å². The van der Waals surface area contributed by atoms with E-state index in [4.69, 9.17) is 4.74 Å². The molecule has 1 aliphatic rings. The summed E-state index contributed by atoms with van der Waals surface area (Å²) < 4.78 is 31.1. The van der Waals surface area contributed by atoms with Crippen LogP contribution in [-0.2, 0) is 14.8 Å². The van der Waals surface area contributed by atoms with Crippen LogP contribution >= 0.6 is 0 Å². The predicted octanol–water partition coefficient (Wildman–Crippen LogP) is 1.86. The summed E-state index contributed by atoms with van der Waals surface area (Å²) in [4.78, 5) is 12.3. The van der Waals surface area contributed by atoms with Crippen LogP contribution in [0.3, 0.4) is 0 Å². The molecule has 1 N–H and O–H groups in total. The number of hydrogen-bond donors (Lipinski definition) is 1. The van der Waals surface area contributed by atoms with Gasteiger partial charge in [0.15, 0.2) is 0 Å². The number of hydrogen-bond acceptors (Lipinski definition) is 4. The zero-order chi connectivity index (χ0) is 18.4. The molecule has 1 atom stereocenters. The number of carbonyl (C=O) groups excluding carboxylic acids is 1. The molecule has 0 spiro atoms. The standard InChI is InChI=1S/C18H28N2O4S/c1-4-25(22,23)20-10-5-6-16(13-20)18(21)19-9-11-24-17-12-14(2)7-8-15(17)3/h7-8,12,16H,4-6,9-11,13H2,1-3H3,(H,19,21). The van der Waals surface area contributed by atoms with Crippen LogP contribution in [0.25, 0.3) is 0 Å². The van der Waals surface area contributed by atoms with Crippen LogP contribution in [0.15, 0.2) is 18.2 Å². The van der Waals surface area contributed by atoms with E-state index in [1.54, 1.807) is 6.92 Å². The summed E-state index contributed by atoms with van der Waals surface area (Å²) in [6.07, 6.45) is 1.44. The molecular formula is C18H28N2O4S. The van der Waals surface area contributed by atoms with Crippen LogP contribution < -0.4 is 10.1 Å². The predicted molar refractivity (Wildman–Crippen MR) is 98.2 cm³/mol. The number of nitrogens with zero attached hydrogens (tertiary/aromatic N) is 1.